The van der Waals surface area contributed by atoms with Crippen molar-refractivity contribution in [2.75, 3.05) is 26.3 Å². The largest absolute Gasteiger partial charge is 0.380 e. The van der Waals surface area contributed by atoms with Crippen LogP contribution in [-0.4, -0.2) is 26.3 Å². The van der Waals surface area contributed by atoms with Crippen molar-refractivity contribution in [1.29, 1.82) is 0 Å². The van der Waals surface area contributed by atoms with E-state index in [1.165, 1.54) is 32.2 Å². The average molecular weight is 199 g/mol. The molecule has 1 aliphatic rings. The highest BCUT2D eigenvalue weighted by molar-refractivity contribution is 4.72. The molecule has 0 aromatic carbocycles. The number of nitrogens with one attached hydrogen (secondary N) is 1. The average Bonchev–Trinajstić information content (AvgIpc) is 2.18. The van der Waals surface area contributed by atoms with Gasteiger partial charge in [-0.25, -0.2) is 0 Å². The van der Waals surface area contributed by atoms with E-state index < -0.39 is 0 Å². The van der Waals surface area contributed by atoms with Crippen LogP contribution in [0.15, 0.2) is 0 Å². The molecule has 1 saturated carbocycles. The highest BCUT2D eigenvalue weighted by Gasteiger charge is 2.17. The van der Waals surface area contributed by atoms with Crippen LogP contribution in [0.2, 0.25) is 0 Å². The van der Waals surface area contributed by atoms with Crippen molar-refractivity contribution in [3.63, 3.8) is 0 Å². The molecule has 0 aliphatic heterocycles. The summed E-state index contributed by atoms with van der Waals surface area (Å²) in [4.78, 5) is 0. The third kappa shape index (κ3) is 4.97. The van der Waals surface area contributed by atoms with E-state index in [1.54, 1.807) is 0 Å². The summed E-state index contributed by atoms with van der Waals surface area (Å²) in [5.74, 6) is 1.86. The van der Waals surface area contributed by atoms with Crippen LogP contribution in [0.1, 0.15) is 39.5 Å². The smallest absolute Gasteiger partial charge is 0.0590 e. The molecule has 0 aromatic heterocycles. The van der Waals surface area contributed by atoms with Gasteiger partial charge in [-0.2, -0.15) is 0 Å². The third-order valence-electron chi connectivity index (χ3n) is 3.11. The minimum atomic E-state index is 0.835. The van der Waals surface area contributed by atoms with E-state index in [0.29, 0.717) is 0 Å². The summed E-state index contributed by atoms with van der Waals surface area (Å²) < 4.78 is 5.28. The Morgan fingerprint density at radius 3 is 2.93 bits per heavy atom. The van der Waals surface area contributed by atoms with Gasteiger partial charge in [0.2, 0.25) is 0 Å². The topological polar surface area (TPSA) is 21.3 Å². The second-order valence-corrected chi connectivity index (χ2v) is 4.54. The zero-order chi connectivity index (χ0) is 10.2. The van der Waals surface area contributed by atoms with Gasteiger partial charge in [0, 0.05) is 13.2 Å². The molecule has 84 valence electrons. The molecule has 2 atom stereocenters. The molecule has 14 heavy (non-hydrogen) atoms. The molecule has 0 amide bonds. The molecule has 0 saturated heterocycles. The fraction of sp³-hybridized carbons (Fsp3) is 1.00. The number of ether oxygens (including phenoxy) is 1. The standard InChI is InChI=1S/C12H25NO/c1-3-14-8-7-13-10-12-6-4-5-11(2)9-12/h11-13H,3-10H2,1-2H3. The highest BCUT2D eigenvalue weighted by Crippen LogP contribution is 2.27. The molecular weight excluding hydrogens is 174 g/mol. The van der Waals surface area contributed by atoms with E-state index in [9.17, 15) is 0 Å². The van der Waals surface area contributed by atoms with E-state index in [4.69, 9.17) is 4.74 Å². The molecule has 1 fully saturated rings. The third-order valence-corrected chi connectivity index (χ3v) is 3.11. The van der Waals surface area contributed by atoms with Gasteiger partial charge in [-0.3, -0.25) is 0 Å². The van der Waals surface area contributed by atoms with Crippen LogP contribution < -0.4 is 5.32 Å². The summed E-state index contributed by atoms with van der Waals surface area (Å²) in [6.07, 6.45) is 5.71. The first-order valence-electron chi connectivity index (χ1n) is 6.11. The molecule has 1 aliphatic carbocycles. The lowest BCUT2D eigenvalue weighted by molar-refractivity contribution is 0.147. The SMILES string of the molecule is CCOCCNCC1CCCC(C)C1. The van der Waals surface area contributed by atoms with Crippen LogP contribution in [0.4, 0.5) is 0 Å². The zero-order valence-corrected chi connectivity index (χ0v) is 9.72. The van der Waals surface area contributed by atoms with Gasteiger partial charge < -0.3 is 10.1 Å². The summed E-state index contributed by atoms with van der Waals surface area (Å²) in [5, 5.41) is 3.49. The monoisotopic (exact) mass is 199 g/mol. The second-order valence-electron chi connectivity index (χ2n) is 4.54. The predicted molar refractivity (Wildman–Crippen MR) is 60.5 cm³/mol. The molecule has 2 nitrogen and oxygen atoms in total. The van der Waals surface area contributed by atoms with E-state index in [2.05, 4.69) is 12.2 Å². The number of rotatable bonds is 6. The molecule has 1 rings (SSSR count). The molecule has 0 aromatic rings. The predicted octanol–water partition coefficient (Wildman–Crippen LogP) is 2.44. The number of hydrogen-bond acceptors (Lipinski definition) is 2. The Kier molecular flexibility index (Phi) is 6.20. The van der Waals surface area contributed by atoms with Gasteiger partial charge in [-0.15, -0.1) is 0 Å². The minimum Gasteiger partial charge on any atom is -0.380 e. The summed E-state index contributed by atoms with van der Waals surface area (Å²) >= 11 is 0. The first-order valence-corrected chi connectivity index (χ1v) is 6.11. The molecule has 0 radical (unpaired) electrons. The summed E-state index contributed by atoms with van der Waals surface area (Å²) in [5.41, 5.74) is 0. The Hall–Kier alpha value is -0.0800. The molecule has 2 unspecified atom stereocenters. The van der Waals surface area contributed by atoms with E-state index >= 15 is 0 Å². The van der Waals surface area contributed by atoms with Gasteiger partial charge >= 0.3 is 0 Å². The van der Waals surface area contributed by atoms with E-state index in [1.807, 2.05) is 6.92 Å². The van der Waals surface area contributed by atoms with Gasteiger partial charge in [0.1, 0.15) is 0 Å². The molecular formula is C12H25NO. The van der Waals surface area contributed by atoms with Crippen LogP contribution in [0.3, 0.4) is 0 Å². The van der Waals surface area contributed by atoms with Crippen molar-refractivity contribution in [1.82, 2.24) is 5.32 Å². The van der Waals surface area contributed by atoms with Crippen molar-refractivity contribution in [2.45, 2.75) is 39.5 Å². The quantitative estimate of drug-likeness (QED) is 0.663. The summed E-state index contributed by atoms with van der Waals surface area (Å²) in [7, 11) is 0. The maximum absolute atomic E-state index is 5.28. The van der Waals surface area contributed by atoms with Crippen molar-refractivity contribution < 1.29 is 4.74 Å². The maximum Gasteiger partial charge on any atom is 0.0590 e. The van der Waals surface area contributed by atoms with Gasteiger partial charge in [-0.05, 0) is 38.1 Å². The van der Waals surface area contributed by atoms with Crippen LogP contribution in [-0.2, 0) is 4.74 Å². The van der Waals surface area contributed by atoms with Gasteiger partial charge in [-0.1, -0.05) is 19.8 Å². The maximum atomic E-state index is 5.28. The fourth-order valence-corrected chi connectivity index (χ4v) is 2.34. The Balaban J connectivity index is 1.95. The van der Waals surface area contributed by atoms with E-state index in [0.717, 1.165) is 31.6 Å². The second kappa shape index (κ2) is 7.24. The van der Waals surface area contributed by atoms with Gasteiger partial charge in [0.15, 0.2) is 0 Å². The van der Waals surface area contributed by atoms with Crippen molar-refractivity contribution >= 4 is 0 Å². The van der Waals surface area contributed by atoms with Crippen LogP contribution in [0, 0.1) is 11.8 Å². The first-order chi connectivity index (χ1) is 6.83. The molecule has 0 spiro atoms. The van der Waals surface area contributed by atoms with E-state index in [-0.39, 0.29) is 0 Å². The van der Waals surface area contributed by atoms with Crippen LogP contribution >= 0.6 is 0 Å². The Morgan fingerprint density at radius 2 is 2.21 bits per heavy atom. The minimum absolute atomic E-state index is 0.835. The lowest BCUT2D eigenvalue weighted by Crippen LogP contribution is -2.29. The summed E-state index contributed by atoms with van der Waals surface area (Å²) in [6, 6.07) is 0. The molecule has 0 heterocycles. The zero-order valence-electron chi connectivity index (χ0n) is 9.72. The van der Waals surface area contributed by atoms with Crippen LogP contribution in [0.5, 0.6) is 0 Å². The normalized spacial score (nSPS) is 27.9. The molecule has 0 bridgehead atoms. The Morgan fingerprint density at radius 1 is 1.36 bits per heavy atom. The molecule has 1 N–H and O–H groups in total. The van der Waals surface area contributed by atoms with Gasteiger partial charge in [0.05, 0.1) is 6.61 Å². The van der Waals surface area contributed by atoms with Crippen molar-refractivity contribution in [3.05, 3.63) is 0 Å². The van der Waals surface area contributed by atoms with Crippen molar-refractivity contribution in [2.24, 2.45) is 11.8 Å². The number of hydrogen-bond donors (Lipinski definition) is 1. The van der Waals surface area contributed by atoms with Crippen LogP contribution in [0.25, 0.3) is 0 Å². The first kappa shape index (κ1) is 12.0. The lowest BCUT2D eigenvalue weighted by Gasteiger charge is -2.26. The molecule has 2 heteroatoms. The highest BCUT2D eigenvalue weighted by atomic mass is 16.5. The fourth-order valence-electron chi connectivity index (χ4n) is 2.34. The Bertz CT molecular complexity index is 138. The van der Waals surface area contributed by atoms with Crippen molar-refractivity contribution in [3.8, 4) is 0 Å². The summed E-state index contributed by atoms with van der Waals surface area (Å²) in [6.45, 7) is 8.33. The van der Waals surface area contributed by atoms with Gasteiger partial charge in [0.25, 0.3) is 0 Å². The lowest BCUT2D eigenvalue weighted by atomic mass is 9.82. The Labute approximate surface area is 88.4 Å².